The molecule has 5 rings (SSSR count). The van der Waals surface area contributed by atoms with Crippen LogP contribution in [0.3, 0.4) is 0 Å². The Morgan fingerprint density at radius 3 is 2.05 bits per heavy atom. The SMILES string of the molecule is COc1ccc(CN(C(=O)OCC2c3ccccc3-c3ccccc32)C(Cc2ccccc2)C(=O)O)c(OC)c1. The maximum absolute atomic E-state index is 13.8. The molecule has 1 unspecified atom stereocenters. The summed E-state index contributed by atoms with van der Waals surface area (Å²) in [4.78, 5) is 27.6. The van der Waals surface area contributed by atoms with Gasteiger partial charge in [-0.15, -0.1) is 0 Å². The Labute approximate surface area is 233 Å². The second kappa shape index (κ2) is 11.9. The third-order valence-corrected chi connectivity index (χ3v) is 7.34. The van der Waals surface area contributed by atoms with Gasteiger partial charge in [0, 0.05) is 24.0 Å². The summed E-state index contributed by atoms with van der Waals surface area (Å²) >= 11 is 0. The third kappa shape index (κ3) is 5.50. The van der Waals surface area contributed by atoms with E-state index in [1.54, 1.807) is 25.3 Å². The smallest absolute Gasteiger partial charge is 0.410 e. The van der Waals surface area contributed by atoms with Crippen molar-refractivity contribution >= 4 is 12.1 Å². The molecular weight excluding hydrogens is 506 g/mol. The number of ether oxygens (including phenoxy) is 3. The molecule has 1 aliphatic carbocycles. The van der Waals surface area contributed by atoms with E-state index in [0.717, 1.165) is 27.8 Å². The van der Waals surface area contributed by atoms with Crippen molar-refractivity contribution in [3.05, 3.63) is 119 Å². The number of methoxy groups -OCH3 is 2. The lowest BCUT2D eigenvalue weighted by Gasteiger charge is -2.29. The zero-order valence-corrected chi connectivity index (χ0v) is 22.4. The quantitative estimate of drug-likeness (QED) is 0.261. The van der Waals surface area contributed by atoms with E-state index in [-0.39, 0.29) is 25.5 Å². The maximum atomic E-state index is 13.8. The molecule has 0 spiro atoms. The van der Waals surface area contributed by atoms with Gasteiger partial charge in [-0.3, -0.25) is 4.90 Å². The Balaban J connectivity index is 1.45. The molecular formula is C33H31NO6. The minimum atomic E-state index is -1.16. The van der Waals surface area contributed by atoms with Gasteiger partial charge in [-0.05, 0) is 39.9 Å². The van der Waals surface area contributed by atoms with Gasteiger partial charge in [-0.1, -0.05) is 78.9 Å². The van der Waals surface area contributed by atoms with Gasteiger partial charge in [0.1, 0.15) is 24.1 Å². The number of amides is 1. The van der Waals surface area contributed by atoms with Gasteiger partial charge in [0.05, 0.1) is 20.8 Å². The predicted octanol–water partition coefficient (Wildman–Crippen LogP) is 6.15. The fourth-order valence-corrected chi connectivity index (χ4v) is 5.31. The van der Waals surface area contributed by atoms with Crippen molar-refractivity contribution in [3.63, 3.8) is 0 Å². The average Bonchev–Trinajstić information content (AvgIpc) is 3.31. The predicted molar refractivity (Wildman–Crippen MR) is 152 cm³/mol. The second-order valence-electron chi connectivity index (χ2n) is 9.65. The monoisotopic (exact) mass is 537 g/mol. The van der Waals surface area contributed by atoms with E-state index >= 15 is 0 Å². The first-order chi connectivity index (χ1) is 19.5. The average molecular weight is 538 g/mol. The molecule has 4 aromatic rings. The molecule has 4 aromatic carbocycles. The zero-order valence-electron chi connectivity index (χ0n) is 22.4. The fourth-order valence-electron chi connectivity index (χ4n) is 5.31. The lowest BCUT2D eigenvalue weighted by atomic mass is 9.98. The molecule has 0 radical (unpaired) electrons. The summed E-state index contributed by atoms with van der Waals surface area (Å²) in [7, 11) is 3.08. The molecule has 7 heteroatoms. The van der Waals surface area contributed by atoms with Crippen molar-refractivity contribution in [2.75, 3.05) is 20.8 Å². The largest absolute Gasteiger partial charge is 0.497 e. The number of carbonyl (C=O) groups is 2. The second-order valence-corrected chi connectivity index (χ2v) is 9.65. The summed E-state index contributed by atoms with van der Waals surface area (Å²) in [5.74, 6) is -0.192. The Kier molecular flexibility index (Phi) is 8.01. The number of nitrogens with zero attached hydrogens (tertiary/aromatic N) is 1. The number of hydrogen-bond donors (Lipinski definition) is 1. The van der Waals surface area contributed by atoms with Crippen molar-refractivity contribution in [2.24, 2.45) is 0 Å². The normalized spacial score (nSPS) is 12.7. The first kappa shape index (κ1) is 26.8. The van der Waals surface area contributed by atoms with Crippen molar-refractivity contribution in [3.8, 4) is 22.6 Å². The van der Waals surface area contributed by atoms with E-state index < -0.39 is 18.1 Å². The number of benzene rings is 4. The fraction of sp³-hybridized carbons (Fsp3) is 0.212. The maximum Gasteiger partial charge on any atom is 0.410 e. The molecule has 1 aliphatic rings. The van der Waals surface area contributed by atoms with Crippen LogP contribution in [0.25, 0.3) is 11.1 Å². The number of carboxylic acid groups (broad SMARTS) is 1. The summed E-state index contributed by atoms with van der Waals surface area (Å²) in [5, 5.41) is 10.3. The lowest BCUT2D eigenvalue weighted by molar-refractivity contribution is -0.143. The Hall–Kier alpha value is -4.78. The molecule has 40 heavy (non-hydrogen) atoms. The number of hydrogen-bond acceptors (Lipinski definition) is 5. The van der Waals surface area contributed by atoms with E-state index in [1.165, 1.54) is 12.0 Å². The van der Waals surface area contributed by atoms with Crippen LogP contribution in [0.1, 0.15) is 28.2 Å². The molecule has 1 amide bonds. The van der Waals surface area contributed by atoms with E-state index in [2.05, 4.69) is 12.1 Å². The van der Waals surface area contributed by atoms with Crippen molar-refractivity contribution in [1.82, 2.24) is 4.90 Å². The minimum absolute atomic E-state index is 0.0202. The summed E-state index contributed by atoms with van der Waals surface area (Å²) in [5.41, 5.74) is 5.83. The Bertz CT molecular complexity index is 1460. The highest BCUT2D eigenvalue weighted by molar-refractivity contribution is 5.81. The van der Waals surface area contributed by atoms with E-state index in [1.807, 2.05) is 66.7 Å². The molecule has 0 bridgehead atoms. The topological polar surface area (TPSA) is 85.3 Å². The molecule has 1 atom stereocenters. The first-order valence-electron chi connectivity index (χ1n) is 13.1. The number of carboxylic acids is 1. The van der Waals surface area contributed by atoms with Crippen LogP contribution in [-0.2, 0) is 22.5 Å². The molecule has 0 heterocycles. The summed E-state index contributed by atoms with van der Waals surface area (Å²) in [6.07, 6.45) is -0.582. The minimum Gasteiger partial charge on any atom is -0.497 e. The van der Waals surface area contributed by atoms with Gasteiger partial charge in [0.2, 0.25) is 0 Å². The Morgan fingerprint density at radius 2 is 1.45 bits per heavy atom. The molecule has 1 N–H and O–H groups in total. The van der Waals surface area contributed by atoms with Crippen LogP contribution in [0.15, 0.2) is 97.1 Å². The number of fused-ring (bicyclic) bond motifs is 3. The van der Waals surface area contributed by atoms with Gasteiger partial charge in [-0.2, -0.15) is 0 Å². The van der Waals surface area contributed by atoms with Gasteiger partial charge in [-0.25, -0.2) is 9.59 Å². The van der Waals surface area contributed by atoms with Crippen LogP contribution in [0.2, 0.25) is 0 Å². The number of rotatable bonds is 10. The molecule has 0 fully saturated rings. The standard InChI is InChI=1S/C33H31NO6/c1-38-24-17-16-23(31(19-24)39-2)20-34(30(32(35)36)18-22-10-4-3-5-11-22)33(37)40-21-29-27-14-8-6-12-25(27)26-13-7-9-15-28(26)29/h3-17,19,29-30H,18,20-21H2,1-2H3,(H,35,36). The molecule has 0 saturated heterocycles. The van der Waals surface area contributed by atoms with Crippen molar-refractivity contribution < 1.29 is 28.9 Å². The zero-order chi connectivity index (χ0) is 28.1. The van der Waals surface area contributed by atoms with Crippen LogP contribution < -0.4 is 9.47 Å². The van der Waals surface area contributed by atoms with Crippen LogP contribution in [0.5, 0.6) is 11.5 Å². The van der Waals surface area contributed by atoms with Crippen LogP contribution >= 0.6 is 0 Å². The molecule has 204 valence electrons. The molecule has 0 saturated carbocycles. The summed E-state index contributed by atoms with van der Waals surface area (Å²) in [6.45, 7) is 0.0639. The van der Waals surface area contributed by atoms with Crippen molar-refractivity contribution in [1.29, 1.82) is 0 Å². The summed E-state index contributed by atoms with van der Waals surface area (Å²) < 4.78 is 16.8. The molecule has 7 nitrogen and oxygen atoms in total. The highest BCUT2D eigenvalue weighted by atomic mass is 16.6. The van der Waals surface area contributed by atoms with Gasteiger partial charge < -0.3 is 19.3 Å². The van der Waals surface area contributed by atoms with E-state index in [0.29, 0.717) is 17.1 Å². The molecule has 0 aromatic heterocycles. The summed E-state index contributed by atoms with van der Waals surface area (Å²) in [6, 6.07) is 29.5. The van der Waals surface area contributed by atoms with Gasteiger partial charge >= 0.3 is 12.1 Å². The molecule has 0 aliphatic heterocycles. The van der Waals surface area contributed by atoms with Gasteiger partial charge in [0.15, 0.2) is 0 Å². The number of aliphatic carboxylic acids is 1. The van der Waals surface area contributed by atoms with E-state index in [9.17, 15) is 14.7 Å². The van der Waals surface area contributed by atoms with Crippen LogP contribution in [-0.4, -0.2) is 48.9 Å². The third-order valence-electron chi connectivity index (χ3n) is 7.34. The van der Waals surface area contributed by atoms with Crippen LogP contribution in [0.4, 0.5) is 4.79 Å². The van der Waals surface area contributed by atoms with E-state index in [4.69, 9.17) is 14.2 Å². The van der Waals surface area contributed by atoms with Gasteiger partial charge in [0.25, 0.3) is 0 Å². The highest BCUT2D eigenvalue weighted by Crippen LogP contribution is 2.44. The Morgan fingerprint density at radius 1 is 0.825 bits per heavy atom. The van der Waals surface area contributed by atoms with Crippen LogP contribution in [0, 0.1) is 0 Å². The number of carbonyl (C=O) groups excluding carboxylic acids is 1. The van der Waals surface area contributed by atoms with Crippen molar-refractivity contribution in [2.45, 2.75) is 24.9 Å². The highest BCUT2D eigenvalue weighted by Gasteiger charge is 2.34. The lowest BCUT2D eigenvalue weighted by Crippen LogP contribution is -2.46. The first-order valence-corrected chi connectivity index (χ1v) is 13.1.